The van der Waals surface area contributed by atoms with Crippen LogP contribution in [0, 0.1) is 13.8 Å². The van der Waals surface area contributed by atoms with Crippen LogP contribution in [0.3, 0.4) is 0 Å². The zero-order valence-corrected chi connectivity index (χ0v) is 13.2. The molecule has 106 valence electrons. The Bertz CT molecular complexity index is 574. The molecule has 0 amide bonds. The van der Waals surface area contributed by atoms with Gasteiger partial charge in [-0.05, 0) is 47.6 Å². The van der Waals surface area contributed by atoms with Crippen LogP contribution in [0.4, 0.5) is 5.69 Å². The largest absolute Gasteiger partial charge is 0.381 e. The number of hydrogen-bond acceptors (Lipinski definition) is 1. The fourth-order valence-corrected chi connectivity index (χ4v) is 2.26. The molecule has 0 atom stereocenters. The maximum Gasteiger partial charge on any atom is 0.0400 e. The minimum atomic E-state index is 0.221. The number of benzene rings is 2. The summed E-state index contributed by atoms with van der Waals surface area (Å²) in [6.07, 6.45) is 0. The van der Waals surface area contributed by atoms with Gasteiger partial charge in [-0.1, -0.05) is 57.2 Å². The van der Waals surface area contributed by atoms with Gasteiger partial charge in [-0.15, -0.1) is 0 Å². The first-order valence-corrected chi connectivity index (χ1v) is 7.27. The van der Waals surface area contributed by atoms with E-state index in [0.717, 1.165) is 6.54 Å². The molecule has 2 aromatic carbocycles. The minimum Gasteiger partial charge on any atom is -0.381 e. The summed E-state index contributed by atoms with van der Waals surface area (Å²) in [7, 11) is 0. The Morgan fingerprint density at radius 3 is 2.15 bits per heavy atom. The molecule has 0 aliphatic rings. The van der Waals surface area contributed by atoms with Gasteiger partial charge in [-0.3, -0.25) is 0 Å². The molecule has 0 saturated carbocycles. The van der Waals surface area contributed by atoms with Crippen LogP contribution in [0.15, 0.2) is 42.5 Å². The molecule has 0 aliphatic heterocycles. The number of rotatable bonds is 3. The van der Waals surface area contributed by atoms with Crippen LogP contribution in [-0.4, -0.2) is 0 Å². The van der Waals surface area contributed by atoms with Crippen LogP contribution in [0.2, 0.25) is 0 Å². The predicted octanol–water partition coefficient (Wildman–Crippen LogP) is 5.21. The van der Waals surface area contributed by atoms with E-state index in [0.29, 0.717) is 0 Å². The summed E-state index contributed by atoms with van der Waals surface area (Å²) >= 11 is 0. The third-order valence-electron chi connectivity index (χ3n) is 3.91. The van der Waals surface area contributed by atoms with E-state index >= 15 is 0 Å². The Kier molecular flexibility index (Phi) is 4.17. The van der Waals surface area contributed by atoms with E-state index in [1.807, 2.05) is 0 Å². The summed E-state index contributed by atoms with van der Waals surface area (Å²) in [5, 5.41) is 3.53. The Morgan fingerprint density at radius 1 is 0.900 bits per heavy atom. The van der Waals surface area contributed by atoms with Gasteiger partial charge in [-0.25, -0.2) is 0 Å². The summed E-state index contributed by atoms with van der Waals surface area (Å²) in [5.41, 5.74) is 6.81. The molecule has 0 unspecified atom stereocenters. The highest BCUT2D eigenvalue weighted by Crippen LogP contribution is 2.23. The van der Waals surface area contributed by atoms with Crippen molar-refractivity contribution in [3.63, 3.8) is 0 Å². The molecule has 0 spiro atoms. The molecule has 1 N–H and O–H groups in total. The quantitative estimate of drug-likeness (QED) is 0.804. The highest BCUT2D eigenvalue weighted by Gasteiger charge is 2.12. The van der Waals surface area contributed by atoms with Gasteiger partial charge in [0.05, 0.1) is 0 Å². The van der Waals surface area contributed by atoms with Crippen LogP contribution < -0.4 is 5.32 Å². The van der Waals surface area contributed by atoms with Gasteiger partial charge in [0.2, 0.25) is 0 Å². The van der Waals surface area contributed by atoms with Gasteiger partial charge >= 0.3 is 0 Å². The molecule has 2 rings (SSSR count). The lowest BCUT2D eigenvalue weighted by Gasteiger charge is -2.19. The summed E-state index contributed by atoms with van der Waals surface area (Å²) in [5.74, 6) is 0. The van der Waals surface area contributed by atoms with Crippen molar-refractivity contribution < 1.29 is 0 Å². The maximum absolute atomic E-state index is 3.53. The summed E-state index contributed by atoms with van der Waals surface area (Å²) in [6, 6.07) is 15.3. The van der Waals surface area contributed by atoms with Crippen LogP contribution >= 0.6 is 0 Å². The molecule has 2 aromatic rings. The second kappa shape index (κ2) is 5.70. The third kappa shape index (κ3) is 3.41. The zero-order chi connectivity index (χ0) is 14.8. The molecule has 0 saturated heterocycles. The Balaban J connectivity index is 2.06. The highest BCUT2D eigenvalue weighted by atomic mass is 14.9. The van der Waals surface area contributed by atoms with E-state index in [4.69, 9.17) is 0 Å². The van der Waals surface area contributed by atoms with E-state index < -0.39 is 0 Å². The summed E-state index contributed by atoms with van der Waals surface area (Å²) < 4.78 is 0. The lowest BCUT2D eigenvalue weighted by atomic mass is 9.87. The Hall–Kier alpha value is -1.76. The van der Waals surface area contributed by atoms with Crippen LogP contribution in [0.25, 0.3) is 0 Å². The lowest BCUT2D eigenvalue weighted by Crippen LogP contribution is -2.11. The standard InChI is InChI=1S/C19H25N/c1-14-7-6-8-18(15(14)2)20-13-16-9-11-17(12-10-16)19(3,4)5/h6-12,20H,13H2,1-5H3. The topological polar surface area (TPSA) is 12.0 Å². The van der Waals surface area contributed by atoms with Gasteiger partial charge in [0.15, 0.2) is 0 Å². The molecule has 1 nitrogen and oxygen atoms in total. The van der Waals surface area contributed by atoms with Crippen molar-refractivity contribution in [3.05, 3.63) is 64.7 Å². The van der Waals surface area contributed by atoms with E-state index in [-0.39, 0.29) is 5.41 Å². The molecular weight excluding hydrogens is 242 g/mol. The smallest absolute Gasteiger partial charge is 0.0400 e. The number of hydrogen-bond donors (Lipinski definition) is 1. The molecule has 0 heterocycles. The van der Waals surface area contributed by atoms with Crippen molar-refractivity contribution in [2.75, 3.05) is 5.32 Å². The van der Waals surface area contributed by atoms with Crippen molar-refractivity contribution in [2.45, 2.75) is 46.6 Å². The molecule has 0 bridgehead atoms. The average molecular weight is 267 g/mol. The first-order chi connectivity index (χ1) is 9.38. The van der Waals surface area contributed by atoms with Gasteiger partial charge in [0.1, 0.15) is 0 Å². The van der Waals surface area contributed by atoms with Crippen LogP contribution in [0.1, 0.15) is 43.0 Å². The van der Waals surface area contributed by atoms with Gasteiger partial charge in [-0.2, -0.15) is 0 Å². The molecular formula is C19H25N. The number of aryl methyl sites for hydroxylation is 1. The summed E-state index contributed by atoms with van der Waals surface area (Å²) in [4.78, 5) is 0. The van der Waals surface area contributed by atoms with Gasteiger partial charge < -0.3 is 5.32 Å². The summed E-state index contributed by atoms with van der Waals surface area (Å²) in [6.45, 7) is 11.9. The fourth-order valence-electron chi connectivity index (χ4n) is 2.26. The lowest BCUT2D eigenvalue weighted by molar-refractivity contribution is 0.590. The predicted molar refractivity (Wildman–Crippen MR) is 88.4 cm³/mol. The normalized spacial score (nSPS) is 11.4. The van der Waals surface area contributed by atoms with Crippen molar-refractivity contribution in [2.24, 2.45) is 0 Å². The molecule has 0 radical (unpaired) electrons. The van der Waals surface area contributed by atoms with E-state index in [9.17, 15) is 0 Å². The van der Waals surface area contributed by atoms with Crippen LogP contribution in [0.5, 0.6) is 0 Å². The average Bonchev–Trinajstić information content (AvgIpc) is 2.40. The molecule has 1 heteroatoms. The van der Waals surface area contributed by atoms with Crippen molar-refractivity contribution in [3.8, 4) is 0 Å². The molecule has 0 aliphatic carbocycles. The second-order valence-corrected chi connectivity index (χ2v) is 6.55. The first kappa shape index (κ1) is 14.6. The second-order valence-electron chi connectivity index (χ2n) is 6.55. The van der Waals surface area contributed by atoms with Crippen LogP contribution in [-0.2, 0) is 12.0 Å². The zero-order valence-electron chi connectivity index (χ0n) is 13.2. The number of anilines is 1. The first-order valence-electron chi connectivity index (χ1n) is 7.27. The number of nitrogens with one attached hydrogen (secondary N) is 1. The Morgan fingerprint density at radius 2 is 1.55 bits per heavy atom. The maximum atomic E-state index is 3.53. The molecule has 20 heavy (non-hydrogen) atoms. The molecule has 0 aromatic heterocycles. The highest BCUT2D eigenvalue weighted by molar-refractivity contribution is 5.53. The SMILES string of the molecule is Cc1cccc(NCc2ccc(C(C)(C)C)cc2)c1C. The third-order valence-corrected chi connectivity index (χ3v) is 3.91. The van der Waals surface area contributed by atoms with E-state index in [2.05, 4.69) is 82.4 Å². The van der Waals surface area contributed by atoms with E-state index in [1.165, 1.54) is 27.9 Å². The van der Waals surface area contributed by atoms with Gasteiger partial charge in [0.25, 0.3) is 0 Å². The van der Waals surface area contributed by atoms with E-state index in [1.54, 1.807) is 0 Å². The van der Waals surface area contributed by atoms with Crippen molar-refractivity contribution in [1.82, 2.24) is 0 Å². The fraction of sp³-hybridized carbons (Fsp3) is 0.368. The van der Waals surface area contributed by atoms with Crippen molar-refractivity contribution in [1.29, 1.82) is 0 Å². The monoisotopic (exact) mass is 267 g/mol. The minimum absolute atomic E-state index is 0.221. The van der Waals surface area contributed by atoms with Gasteiger partial charge in [0, 0.05) is 12.2 Å². The van der Waals surface area contributed by atoms with Crippen molar-refractivity contribution >= 4 is 5.69 Å². The molecule has 0 fully saturated rings. The Labute approximate surface area is 123 Å².